The van der Waals surface area contributed by atoms with Crippen LogP contribution in [0.15, 0.2) is 60.2 Å². The van der Waals surface area contributed by atoms with E-state index >= 15 is 0 Å². The van der Waals surface area contributed by atoms with E-state index in [9.17, 15) is 19.2 Å². The second-order valence-corrected chi connectivity index (χ2v) is 11.7. The molecule has 1 aliphatic heterocycles. The van der Waals surface area contributed by atoms with Gasteiger partial charge in [0.05, 0.1) is 6.04 Å². The monoisotopic (exact) mass is 602 g/mol. The van der Waals surface area contributed by atoms with Crippen LogP contribution in [0.25, 0.3) is 5.65 Å². The summed E-state index contributed by atoms with van der Waals surface area (Å²) in [5.74, 6) is -1.68. The molecule has 224 valence electrons. The topological polar surface area (TPSA) is 159 Å². The van der Waals surface area contributed by atoms with Gasteiger partial charge >= 0.3 is 0 Å². The van der Waals surface area contributed by atoms with Crippen molar-refractivity contribution in [1.82, 2.24) is 40.8 Å². The number of thiazole rings is 1. The zero-order valence-corrected chi connectivity index (χ0v) is 24.8. The van der Waals surface area contributed by atoms with E-state index in [2.05, 4.69) is 36.3 Å². The van der Waals surface area contributed by atoms with Crippen LogP contribution in [0.3, 0.4) is 0 Å². The molecule has 0 aliphatic carbocycles. The Bertz CT molecular complexity index is 1570. The van der Waals surface area contributed by atoms with E-state index in [-0.39, 0.29) is 29.1 Å². The summed E-state index contributed by atoms with van der Waals surface area (Å²) in [4.78, 5) is 61.8. The van der Waals surface area contributed by atoms with Gasteiger partial charge in [0.2, 0.25) is 11.8 Å². The first-order valence-electron chi connectivity index (χ1n) is 14.3. The van der Waals surface area contributed by atoms with Gasteiger partial charge in [-0.25, -0.2) is 14.5 Å². The first-order chi connectivity index (χ1) is 20.8. The maximum absolute atomic E-state index is 13.6. The van der Waals surface area contributed by atoms with E-state index < -0.39 is 29.9 Å². The minimum Gasteiger partial charge on any atom is -0.354 e. The van der Waals surface area contributed by atoms with Crippen molar-refractivity contribution in [3.8, 4) is 0 Å². The van der Waals surface area contributed by atoms with E-state index in [1.807, 2.05) is 44.2 Å². The molecule has 3 aromatic heterocycles. The summed E-state index contributed by atoms with van der Waals surface area (Å²) in [5, 5.41) is 18.1. The fourth-order valence-electron chi connectivity index (χ4n) is 4.84. The highest BCUT2D eigenvalue weighted by Gasteiger charge is 2.30. The third-order valence-electron chi connectivity index (χ3n) is 7.20. The Morgan fingerprint density at radius 2 is 1.91 bits per heavy atom. The molecule has 1 aliphatic rings. The van der Waals surface area contributed by atoms with Crippen molar-refractivity contribution in [1.29, 1.82) is 0 Å². The van der Waals surface area contributed by atoms with Crippen molar-refractivity contribution in [3.63, 3.8) is 0 Å². The maximum Gasteiger partial charge on any atom is 0.272 e. The van der Waals surface area contributed by atoms with Crippen LogP contribution >= 0.6 is 11.3 Å². The van der Waals surface area contributed by atoms with Crippen LogP contribution in [0.2, 0.25) is 0 Å². The lowest BCUT2D eigenvalue weighted by Gasteiger charge is -2.25. The predicted octanol–water partition coefficient (Wildman–Crippen LogP) is 2.44. The van der Waals surface area contributed by atoms with Gasteiger partial charge in [-0.15, -0.1) is 11.3 Å². The van der Waals surface area contributed by atoms with Crippen LogP contribution in [0.5, 0.6) is 0 Å². The number of fused-ring (bicyclic) bond motifs is 3. The number of hydrogen-bond acceptors (Lipinski definition) is 8. The fraction of sp³-hybridized carbons (Fsp3) is 0.367. The second kappa shape index (κ2) is 13.6. The van der Waals surface area contributed by atoms with Gasteiger partial charge in [0.25, 0.3) is 11.8 Å². The summed E-state index contributed by atoms with van der Waals surface area (Å²) in [6, 6.07) is 10.6. The Morgan fingerprint density at radius 1 is 1.09 bits per heavy atom. The number of hydrogen-bond donors (Lipinski definition) is 4. The van der Waals surface area contributed by atoms with E-state index in [0.717, 1.165) is 5.56 Å². The molecule has 0 unspecified atom stereocenters. The number of benzene rings is 1. The van der Waals surface area contributed by atoms with E-state index in [1.165, 1.54) is 15.9 Å². The van der Waals surface area contributed by atoms with Gasteiger partial charge in [-0.3, -0.25) is 19.2 Å². The summed E-state index contributed by atoms with van der Waals surface area (Å²) in [6.45, 7) is 4.24. The molecule has 4 amide bonds. The van der Waals surface area contributed by atoms with E-state index in [1.54, 1.807) is 29.9 Å². The van der Waals surface area contributed by atoms with Gasteiger partial charge in [0, 0.05) is 36.8 Å². The third-order valence-corrected chi connectivity index (χ3v) is 8.13. The molecule has 43 heavy (non-hydrogen) atoms. The number of nitrogens with zero attached hydrogens (tertiary/aromatic N) is 4. The first kappa shape index (κ1) is 29.8. The van der Waals surface area contributed by atoms with Gasteiger partial charge in [-0.2, -0.15) is 5.10 Å². The zero-order chi connectivity index (χ0) is 30.3. The molecule has 3 atom stereocenters. The minimum absolute atomic E-state index is 0.0534. The van der Waals surface area contributed by atoms with Crippen molar-refractivity contribution in [2.45, 2.75) is 57.7 Å². The standard InChI is InChI=1S/C30H34N8O4S/c1-18(2)25-30-35-23(17-43-30)29(42)34-21(15-19-9-4-3-5-10-19)26(39)32-12-7-6-11-20(27(40)36-25)33-28(41)22-16-24-31-13-8-14-38(24)37-22/h3-5,8-10,13-14,16-18,20-21,25H,6-7,11-12,15H2,1-2H3,(H,32,39)(H,33,41)(H,34,42)(H,36,40)/t20-,21+,25+/m0/s1. The van der Waals surface area contributed by atoms with Crippen molar-refractivity contribution in [2.24, 2.45) is 5.92 Å². The first-order valence-corrected chi connectivity index (χ1v) is 15.2. The Hall–Kier alpha value is -4.65. The average molecular weight is 603 g/mol. The summed E-state index contributed by atoms with van der Waals surface area (Å²) in [5.41, 5.74) is 1.74. The van der Waals surface area contributed by atoms with Crippen molar-refractivity contribution in [3.05, 3.63) is 82.2 Å². The van der Waals surface area contributed by atoms with Crippen LogP contribution < -0.4 is 21.3 Å². The number of rotatable bonds is 5. The molecule has 13 heteroatoms. The van der Waals surface area contributed by atoms with Crippen molar-refractivity contribution < 1.29 is 19.2 Å². The average Bonchev–Trinajstić information content (AvgIpc) is 3.66. The van der Waals surface area contributed by atoms with Crippen LogP contribution in [-0.4, -0.2) is 61.8 Å². The summed E-state index contributed by atoms with van der Waals surface area (Å²) < 4.78 is 1.49. The third kappa shape index (κ3) is 7.41. The molecule has 0 saturated heterocycles. The zero-order valence-electron chi connectivity index (χ0n) is 23.9. The Labute approximate surface area is 252 Å². The highest BCUT2D eigenvalue weighted by atomic mass is 32.1. The second-order valence-electron chi connectivity index (χ2n) is 10.8. The Balaban J connectivity index is 1.37. The molecule has 0 saturated carbocycles. The molecule has 2 bridgehead atoms. The summed E-state index contributed by atoms with van der Waals surface area (Å²) in [6.07, 6.45) is 5.08. The quantitative estimate of drug-likeness (QED) is 0.273. The van der Waals surface area contributed by atoms with Gasteiger partial charge in [-0.1, -0.05) is 44.2 Å². The Morgan fingerprint density at radius 3 is 2.67 bits per heavy atom. The van der Waals surface area contributed by atoms with Crippen LogP contribution in [0.4, 0.5) is 0 Å². The Kier molecular flexibility index (Phi) is 9.40. The highest BCUT2D eigenvalue weighted by Crippen LogP contribution is 2.26. The van der Waals surface area contributed by atoms with E-state index in [0.29, 0.717) is 42.9 Å². The molecule has 0 radical (unpaired) electrons. The normalized spacial score (nSPS) is 20.3. The molecule has 4 heterocycles. The van der Waals surface area contributed by atoms with Crippen LogP contribution in [0.1, 0.15) is 70.7 Å². The van der Waals surface area contributed by atoms with Crippen molar-refractivity contribution in [2.75, 3.05) is 6.54 Å². The van der Waals surface area contributed by atoms with Crippen molar-refractivity contribution >= 4 is 40.6 Å². The maximum atomic E-state index is 13.6. The SMILES string of the molecule is CC(C)[C@H]1NC(=O)[C@@H](NC(=O)c2cc3ncccn3n2)CCCCNC(=O)[C@@H](Cc2ccccc2)NC(=O)c2csc1n2. The molecule has 0 spiro atoms. The molecule has 12 nitrogen and oxygen atoms in total. The molecule has 5 rings (SSSR count). The molecule has 1 aromatic carbocycles. The molecule has 0 fully saturated rings. The highest BCUT2D eigenvalue weighted by molar-refractivity contribution is 7.09. The van der Waals surface area contributed by atoms with Gasteiger partial charge in [-0.05, 0) is 36.8 Å². The molecule has 4 aromatic rings. The van der Waals surface area contributed by atoms with Crippen LogP contribution in [0, 0.1) is 5.92 Å². The van der Waals surface area contributed by atoms with Gasteiger partial charge in [0.15, 0.2) is 11.3 Å². The van der Waals surface area contributed by atoms with E-state index in [4.69, 9.17) is 0 Å². The summed E-state index contributed by atoms with van der Waals surface area (Å²) in [7, 11) is 0. The lowest BCUT2D eigenvalue weighted by molar-refractivity contribution is -0.124. The van der Waals surface area contributed by atoms with Gasteiger partial charge in [0.1, 0.15) is 22.8 Å². The molecular weight excluding hydrogens is 568 g/mol. The number of carbonyl (C=O) groups excluding carboxylic acids is 4. The number of nitrogens with one attached hydrogen (secondary N) is 4. The smallest absolute Gasteiger partial charge is 0.272 e. The predicted molar refractivity (Wildman–Crippen MR) is 160 cm³/mol. The largest absolute Gasteiger partial charge is 0.354 e. The summed E-state index contributed by atoms with van der Waals surface area (Å²) >= 11 is 1.26. The molecule has 4 N–H and O–H groups in total. The lowest BCUT2D eigenvalue weighted by Crippen LogP contribution is -2.49. The number of carbonyl (C=O) groups is 4. The number of aromatic nitrogens is 4. The molecular formula is C30H34N8O4S. The van der Waals surface area contributed by atoms with Gasteiger partial charge < -0.3 is 21.3 Å². The minimum atomic E-state index is -0.858. The van der Waals surface area contributed by atoms with Crippen LogP contribution in [-0.2, 0) is 16.0 Å². The lowest BCUT2D eigenvalue weighted by atomic mass is 10.0. The fourth-order valence-corrected chi connectivity index (χ4v) is 5.86. The number of amides is 4.